The van der Waals surface area contributed by atoms with Gasteiger partial charge in [0.1, 0.15) is 11.6 Å². The largest absolute Gasteiger partial charge is 0.207 e. The highest BCUT2D eigenvalue weighted by molar-refractivity contribution is 5.35. The van der Waals surface area contributed by atoms with E-state index in [0.717, 1.165) is 0 Å². The lowest BCUT2D eigenvalue weighted by molar-refractivity contribution is 0.589. The summed E-state index contributed by atoms with van der Waals surface area (Å²) >= 11 is 0. The van der Waals surface area contributed by atoms with Crippen LogP contribution in [0.15, 0.2) is 48.5 Å². The van der Waals surface area contributed by atoms with Crippen LogP contribution < -0.4 is 0 Å². The maximum absolute atomic E-state index is 13.5. The lowest BCUT2D eigenvalue weighted by atomic mass is 9.92. The van der Waals surface area contributed by atoms with E-state index in [4.69, 9.17) is 0 Å². The molecule has 0 aliphatic heterocycles. The molecule has 0 saturated carbocycles. The molecule has 0 heterocycles. The molecule has 0 N–H and O–H groups in total. The first kappa shape index (κ1) is 10.8. The van der Waals surface area contributed by atoms with Gasteiger partial charge in [-0.05, 0) is 30.2 Å². The summed E-state index contributed by atoms with van der Waals surface area (Å²) in [5, 5.41) is 0. The minimum atomic E-state index is -0.526. The molecule has 81 valence electrons. The van der Waals surface area contributed by atoms with Crippen LogP contribution >= 0.6 is 0 Å². The number of benzene rings is 2. The summed E-state index contributed by atoms with van der Waals surface area (Å²) in [4.78, 5) is 0. The molecular formula is C14H11F2. The molecule has 0 fully saturated rings. The summed E-state index contributed by atoms with van der Waals surface area (Å²) in [6.07, 6.45) is 0. The second-order valence-corrected chi connectivity index (χ2v) is 3.60. The van der Waals surface area contributed by atoms with E-state index >= 15 is 0 Å². The molecular weight excluding hydrogens is 206 g/mol. The van der Waals surface area contributed by atoms with Crippen LogP contribution in [0.3, 0.4) is 0 Å². The molecule has 0 bridgehead atoms. The Labute approximate surface area is 93.5 Å². The number of rotatable bonds is 2. The molecule has 0 unspecified atom stereocenters. The van der Waals surface area contributed by atoms with Gasteiger partial charge < -0.3 is 0 Å². The molecule has 16 heavy (non-hydrogen) atoms. The van der Waals surface area contributed by atoms with Gasteiger partial charge in [0.25, 0.3) is 0 Å². The smallest absolute Gasteiger partial charge is 0.127 e. The summed E-state index contributed by atoms with van der Waals surface area (Å²) in [6.45, 7) is 3.82. The highest BCUT2D eigenvalue weighted by Crippen LogP contribution is 2.27. The van der Waals surface area contributed by atoms with Gasteiger partial charge in [0, 0.05) is 5.92 Å². The molecule has 0 aliphatic rings. The van der Waals surface area contributed by atoms with E-state index in [0.29, 0.717) is 11.1 Å². The molecule has 0 atom stereocenters. The van der Waals surface area contributed by atoms with Gasteiger partial charge in [0.05, 0.1) is 0 Å². The zero-order valence-electron chi connectivity index (χ0n) is 8.66. The van der Waals surface area contributed by atoms with E-state index in [2.05, 4.69) is 6.92 Å². The standard InChI is InChI=1S/C14H11F2/c1-10(11-6-2-4-8-13(11)15)12-7-3-5-9-14(12)16/h2-10H,1H2. The second kappa shape index (κ2) is 4.44. The van der Waals surface area contributed by atoms with Crippen molar-refractivity contribution in [1.82, 2.24) is 0 Å². The van der Waals surface area contributed by atoms with E-state index in [-0.39, 0.29) is 11.6 Å². The number of halogens is 2. The third-order valence-electron chi connectivity index (χ3n) is 2.56. The van der Waals surface area contributed by atoms with Crippen molar-refractivity contribution in [2.24, 2.45) is 0 Å². The first-order chi connectivity index (χ1) is 7.70. The van der Waals surface area contributed by atoms with Gasteiger partial charge in [-0.15, -0.1) is 0 Å². The van der Waals surface area contributed by atoms with Crippen LogP contribution in [0.2, 0.25) is 0 Å². The molecule has 2 rings (SSSR count). The van der Waals surface area contributed by atoms with E-state index in [1.165, 1.54) is 12.1 Å². The average Bonchev–Trinajstić information content (AvgIpc) is 2.29. The predicted molar refractivity (Wildman–Crippen MR) is 60.0 cm³/mol. The van der Waals surface area contributed by atoms with Crippen LogP contribution in [0.25, 0.3) is 0 Å². The zero-order chi connectivity index (χ0) is 11.5. The lowest BCUT2D eigenvalue weighted by Gasteiger charge is -2.13. The Morgan fingerprint density at radius 3 is 1.50 bits per heavy atom. The maximum atomic E-state index is 13.5. The van der Waals surface area contributed by atoms with Crippen molar-refractivity contribution in [3.63, 3.8) is 0 Å². The Morgan fingerprint density at radius 1 is 0.750 bits per heavy atom. The minimum absolute atomic E-state index is 0.356. The van der Waals surface area contributed by atoms with Gasteiger partial charge >= 0.3 is 0 Å². The number of hydrogen-bond donors (Lipinski definition) is 0. The second-order valence-electron chi connectivity index (χ2n) is 3.60. The first-order valence-corrected chi connectivity index (χ1v) is 5.02. The van der Waals surface area contributed by atoms with Crippen molar-refractivity contribution < 1.29 is 8.78 Å². The van der Waals surface area contributed by atoms with Crippen LogP contribution in [0.4, 0.5) is 8.78 Å². The number of hydrogen-bond acceptors (Lipinski definition) is 0. The van der Waals surface area contributed by atoms with Crippen LogP contribution in [0, 0.1) is 18.6 Å². The third-order valence-corrected chi connectivity index (χ3v) is 2.56. The van der Waals surface area contributed by atoms with Crippen LogP contribution in [0.5, 0.6) is 0 Å². The van der Waals surface area contributed by atoms with Crippen LogP contribution in [-0.2, 0) is 0 Å². The van der Waals surface area contributed by atoms with Crippen LogP contribution in [-0.4, -0.2) is 0 Å². The average molecular weight is 217 g/mol. The molecule has 0 nitrogen and oxygen atoms in total. The van der Waals surface area contributed by atoms with Crippen molar-refractivity contribution in [1.29, 1.82) is 0 Å². The quantitative estimate of drug-likeness (QED) is 0.715. The topological polar surface area (TPSA) is 0 Å². The molecule has 1 radical (unpaired) electrons. The van der Waals surface area contributed by atoms with Gasteiger partial charge in [0.15, 0.2) is 0 Å². The molecule has 0 aliphatic carbocycles. The van der Waals surface area contributed by atoms with Gasteiger partial charge in [-0.1, -0.05) is 36.4 Å². The summed E-state index contributed by atoms with van der Waals surface area (Å²) in [6, 6.07) is 12.6. The predicted octanol–water partition coefficient (Wildman–Crippen LogP) is 3.93. The Bertz CT molecular complexity index is 446. The molecule has 2 heteroatoms. The van der Waals surface area contributed by atoms with Crippen molar-refractivity contribution in [3.05, 3.63) is 78.2 Å². The van der Waals surface area contributed by atoms with Gasteiger partial charge in [-0.3, -0.25) is 0 Å². The Balaban J connectivity index is 2.44. The molecule has 0 saturated heterocycles. The summed E-state index contributed by atoms with van der Waals surface area (Å²) in [5.41, 5.74) is 0.820. The Hall–Kier alpha value is -1.70. The first-order valence-electron chi connectivity index (χ1n) is 5.02. The van der Waals surface area contributed by atoms with E-state index in [1.807, 2.05) is 0 Å². The minimum Gasteiger partial charge on any atom is -0.207 e. The SMILES string of the molecule is [CH2]C(c1ccccc1F)c1ccccc1F. The molecule has 0 spiro atoms. The highest BCUT2D eigenvalue weighted by Gasteiger charge is 2.15. The van der Waals surface area contributed by atoms with Gasteiger partial charge in [-0.2, -0.15) is 0 Å². The van der Waals surface area contributed by atoms with Crippen molar-refractivity contribution in [2.45, 2.75) is 5.92 Å². The summed E-state index contributed by atoms with van der Waals surface area (Å²) in [5.74, 6) is -1.24. The van der Waals surface area contributed by atoms with E-state index in [1.54, 1.807) is 36.4 Å². The van der Waals surface area contributed by atoms with Crippen molar-refractivity contribution in [2.75, 3.05) is 0 Å². The van der Waals surface area contributed by atoms with Gasteiger partial charge in [-0.25, -0.2) is 8.78 Å². The monoisotopic (exact) mass is 217 g/mol. The fraction of sp³-hybridized carbons (Fsp3) is 0.0714. The maximum Gasteiger partial charge on any atom is 0.127 e. The normalized spacial score (nSPS) is 10.8. The van der Waals surface area contributed by atoms with Crippen molar-refractivity contribution >= 4 is 0 Å². The molecule has 2 aromatic carbocycles. The summed E-state index contributed by atoms with van der Waals surface area (Å²) < 4.78 is 27.0. The van der Waals surface area contributed by atoms with E-state index in [9.17, 15) is 8.78 Å². The van der Waals surface area contributed by atoms with Gasteiger partial charge in [0.2, 0.25) is 0 Å². The van der Waals surface area contributed by atoms with Crippen LogP contribution in [0.1, 0.15) is 17.0 Å². The lowest BCUT2D eigenvalue weighted by Crippen LogP contribution is -2.01. The molecule has 2 aromatic rings. The summed E-state index contributed by atoms with van der Waals surface area (Å²) in [7, 11) is 0. The molecule has 0 aromatic heterocycles. The fourth-order valence-corrected chi connectivity index (χ4v) is 1.68. The fourth-order valence-electron chi connectivity index (χ4n) is 1.68. The Morgan fingerprint density at radius 2 is 1.12 bits per heavy atom. The van der Waals surface area contributed by atoms with Crippen molar-refractivity contribution in [3.8, 4) is 0 Å². The Kier molecular flexibility index (Phi) is 3.00. The van der Waals surface area contributed by atoms with E-state index < -0.39 is 5.92 Å². The highest BCUT2D eigenvalue weighted by atomic mass is 19.1. The molecule has 0 amide bonds. The third kappa shape index (κ3) is 1.96. The zero-order valence-corrected chi connectivity index (χ0v) is 8.66.